The monoisotopic (exact) mass is 314 g/mol. The zero-order valence-corrected chi connectivity index (χ0v) is 13.5. The Morgan fingerprint density at radius 2 is 2.00 bits per heavy atom. The highest BCUT2D eigenvalue weighted by molar-refractivity contribution is 7.89. The maximum Gasteiger partial charge on any atom is 0.246 e. The van der Waals surface area contributed by atoms with E-state index in [9.17, 15) is 8.42 Å². The quantitative estimate of drug-likeness (QED) is 0.748. The van der Waals surface area contributed by atoms with E-state index in [2.05, 4.69) is 10.00 Å². The largest absolute Gasteiger partial charge is 0.379 e. The lowest BCUT2D eigenvalue weighted by Crippen LogP contribution is -2.45. The van der Waals surface area contributed by atoms with E-state index in [-0.39, 0.29) is 12.0 Å². The first kappa shape index (κ1) is 15.0. The molecule has 0 saturated carbocycles. The minimum Gasteiger partial charge on any atom is -0.379 e. The Hall–Kier alpha value is -0.960. The van der Waals surface area contributed by atoms with Gasteiger partial charge in [-0.15, -0.1) is 0 Å². The summed E-state index contributed by atoms with van der Waals surface area (Å²) in [4.78, 5) is 2.50. The Kier molecular flexibility index (Phi) is 3.81. The van der Waals surface area contributed by atoms with Crippen LogP contribution < -0.4 is 0 Å². The normalized spacial score (nSPS) is 28.5. The number of hydrogen-bond donors (Lipinski definition) is 0. The molecular formula is C13H22N4O3S. The molecule has 1 aromatic heterocycles. The number of sulfonamides is 1. The summed E-state index contributed by atoms with van der Waals surface area (Å²) in [6, 6.07) is -0.132. The van der Waals surface area contributed by atoms with Gasteiger partial charge in [0.1, 0.15) is 4.90 Å². The van der Waals surface area contributed by atoms with Crippen molar-refractivity contribution in [3.05, 3.63) is 11.9 Å². The van der Waals surface area contributed by atoms with Gasteiger partial charge in [-0.2, -0.15) is 9.40 Å². The number of hydrogen-bond acceptors (Lipinski definition) is 5. The van der Waals surface area contributed by atoms with Crippen LogP contribution in [0, 0.1) is 12.8 Å². The van der Waals surface area contributed by atoms with Crippen LogP contribution in [0.4, 0.5) is 0 Å². The molecule has 2 atom stereocenters. The van der Waals surface area contributed by atoms with Crippen LogP contribution in [0.25, 0.3) is 0 Å². The van der Waals surface area contributed by atoms with Gasteiger partial charge >= 0.3 is 0 Å². The minimum atomic E-state index is -3.53. The van der Waals surface area contributed by atoms with E-state index in [1.165, 1.54) is 0 Å². The third kappa shape index (κ3) is 2.73. The lowest BCUT2D eigenvalue weighted by Gasteiger charge is -2.28. The van der Waals surface area contributed by atoms with Crippen molar-refractivity contribution >= 4 is 10.0 Å². The molecule has 0 spiro atoms. The molecule has 2 bridgehead atoms. The number of aromatic nitrogens is 2. The van der Waals surface area contributed by atoms with Gasteiger partial charge in [0.05, 0.1) is 24.9 Å². The van der Waals surface area contributed by atoms with Gasteiger partial charge in [0, 0.05) is 38.8 Å². The van der Waals surface area contributed by atoms with Crippen molar-refractivity contribution in [2.45, 2.75) is 17.9 Å². The number of nitrogens with zero attached hydrogens (tertiary/aromatic N) is 4. The van der Waals surface area contributed by atoms with Gasteiger partial charge < -0.3 is 9.64 Å². The van der Waals surface area contributed by atoms with Gasteiger partial charge in [-0.05, 0) is 14.0 Å². The first-order valence-electron chi connectivity index (χ1n) is 7.16. The van der Waals surface area contributed by atoms with E-state index < -0.39 is 10.0 Å². The molecule has 2 fully saturated rings. The SMILES string of the molecule is Cc1nn(C)cc1S(=O)(=O)N1C[C@H]2COC[C@@H]1CN(C)C2. The highest BCUT2D eigenvalue weighted by atomic mass is 32.2. The highest BCUT2D eigenvalue weighted by Gasteiger charge is 2.40. The second kappa shape index (κ2) is 5.35. The molecule has 0 aliphatic carbocycles. The first-order valence-corrected chi connectivity index (χ1v) is 8.60. The molecule has 2 saturated heterocycles. The maximum atomic E-state index is 13.0. The summed E-state index contributed by atoms with van der Waals surface area (Å²) in [5, 5.41) is 4.17. The molecule has 2 aliphatic rings. The van der Waals surface area contributed by atoms with Crippen molar-refractivity contribution in [1.29, 1.82) is 0 Å². The summed E-state index contributed by atoms with van der Waals surface area (Å²) in [6.07, 6.45) is 1.59. The van der Waals surface area contributed by atoms with Crippen LogP contribution in [0.15, 0.2) is 11.1 Å². The fraction of sp³-hybridized carbons (Fsp3) is 0.769. The lowest BCUT2D eigenvalue weighted by atomic mass is 10.1. The minimum absolute atomic E-state index is 0.132. The van der Waals surface area contributed by atoms with Gasteiger partial charge in [-0.3, -0.25) is 4.68 Å². The molecule has 1 aromatic rings. The standard InChI is InChI=1S/C13H22N4O3S/c1-10-13(7-16(3)14-10)21(18,19)17-5-11-4-15(2)6-12(17)9-20-8-11/h7,11-12H,4-6,8-9H2,1-3H3/t11-,12-/m0/s1. The van der Waals surface area contributed by atoms with Crippen LogP contribution in [0.2, 0.25) is 0 Å². The lowest BCUT2D eigenvalue weighted by molar-refractivity contribution is 0.0659. The molecule has 0 amide bonds. The Morgan fingerprint density at radius 1 is 1.24 bits per heavy atom. The molecule has 21 heavy (non-hydrogen) atoms. The van der Waals surface area contributed by atoms with Crippen molar-refractivity contribution in [1.82, 2.24) is 19.0 Å². The molecule has 0 aromatic carbocycles. The van der Waals surface area contributed by atoms with E-state index in [1.54, 1.807) is 29.2 Å². The predicted molar refractivity (Wildman–Crippen MR) is 77.4 cm³/mol. The smallest absolute Gasteiger partial charge is 0.246 e. The molecule has 3 heterocycles. The summed E-state index contributed by atoms with van der Waals surface area (Å²) in [5.41, 5.74) is 0.547. The number of ether oxygens (including phenoxy) is 1. The molecule has 0 unspecified atom stereocenters. The molecule has 0 radical (unpaired) electrons. The van der Waals surface area contributed by atoms with Gasteiger partial charge in [0.25, 0.3) is 0 Å². The van der Waals surface area contributed by atoms with Crippen LogP contribution in [0.1, 0.15) is 5.69 Å². The molecular weight excluding hydrogens is 292 g/mol. The van der Waals surface area contributed by atoms with E-state index >= 15 is 0 Å². The zero-order valence-electron chi connectivity index (χ0n) is 12.7. The molecule has 118 valence electrons. The average Bonchev–Trinajstić information content (AvgIpc) is 2.56. The molecule has 3 rings (SSSR count). The van der Waals surface area contributed by atoms with Crippen LogP contribution in [0.5, 0.6) is 0 Å². The fourth-order valence-electron chi connectivity index (χ4n) is 3.29. The number of rotatable bonds is 2. The van der Waals surface area contributed by atoms with Gasteiger partial charge in [0.15, 0.2) is 0 Å². The summed E-state index contributed by atoms with van der Waals surface area (Å²) in [6.45, 7) is 4.91. The Bertz CT molecular complexity index is 627. The third-order valence-electron chi connectivity index (χ3n) is 4.16. The topological polar surface area (TPSA) is 67.7 Å². The van der Waals surface area contributed by atoms with E-state index in [0.717, 1.165) is 6.54 Å². The summed E-state index contributed by atoms with van der Waals surface area (Å²) in [5.74, 6) is 0.217. The molecule has 8 heteroatoms. The van der Waals surface area contributed by atoms with Crippen molar-refractivity contribution < 1.29 is 13.2 Å². The van der Waals surface area contributed by atoms with Gasteiger partial charge in [-0.1, -0.05) is 0 Å². The van der Waals surface area contributed by atoms with Crippen molar-refractivity contribution in [2.24, 2.45) is 13.0 Å². The van der Waals surface area contributed by atoms with Gasteiger partial charge in [-0.25, -0.2) is 8.42 Å². The van der Waals surface area contributed by atoms with Crippen LogP contribution in [0.3, 0.4) is 0 Å². The molecule has 7 nitrogen and oxygen atoms in total. The van der Waals surface area contributed by atoms with E-state index in [1.807, 2.05) is 7.05 Å². The second-order valence-corrected chi connectivity index (χ2v) is 7.96. The Balaban J connectivity index is 2.00. The number of aryl methyl sites for hydroxylation is 2. The van der Waals surface area contributed by atoms with Crippen LogP contribution >= 0.6 is 0 Å². The van der Waals surface area contributed by atoms with E-state index in [0.29, 0.717) is 36.9 Å². The van der Waals surface area contributed by atoms with Crippen molar-refractivity contribution in [2.75, 3.05) is 39.9 Å². The average molecular weight is 314 g/mol. The zero-order chi connectivity index (χ0) is 15.2. The van der Waals surface area contributed by atoms with Crippen molar-refractivity contribution in [3.63, 3.8) is 0 Å². The molecule has 2 aliphatic heterocycles. The summed E-state index contributed by atoms with van der Waals surface area (Å²) >= 11 is 0. The van der Waals surface area contributed by atoms with E-state index in [4.69, 9.17) is 4.74 Å². The van der Waals surface area contributed by atoms with Crippen LogP contribution in [-0.4, -0.2) is 73.3 Å². The maximum absolute atomic E-state index is 13.0. The van der Waals surface area contributed by atoms with Crippen LogP contribution in [-0.2, 0) is 21.8 Å². The third-order valence-corrected chi connectivity index (χ3v) is 6.18. The Labute approximate surface area is 125 Å². The van der Waals surface area contributed by atoms with Crippen molar-refractivity contribution in [3.8, 4) is 0 Å². The summed E-state index contributed by atoms with van der Waals surface area (Å²) < 4.78 is 34.9. The Morgan fingerprint density at radius 3 is 2.67 bits per heavy atom. The first-order chi connectivity index (χ1) is 9.88. The van der Waals surface area contributed by atoms with Gasteiger partial charge in [0.2, 0.25) is 10.0 Å². The number of likely N-dealkylation sites (N-methyl/N-ethyl adjacent to an activating group) is 1. The summed E-state index contributed by atoms with van der Waals surface area (Å²) in [7, 11) is 0.249. The predicted octanol–water partition coefficient (Wildman–Crippen LogP) is -0.320. The second-order valence-electron chi connectivity index (χ2n) is 6.11. The number of fused-ring (bicyclic) bond motifs is 3. The molecule has 0 N–H and O–H groups in total. The highest BCUT2D eigenvalue weighted by Crippen LogP contribution is 2.27. The fourth-order valence-corrected chi connectivity index (χ4v) is 5.17.